The van der Waals surface area contributed by atoms with Crippen molar-refractivity contribution < 1.29 is 34.0 Å². The van der Waals surface area contributed by atoms with Crippen molar-refractivity contribution in [3.05, 3.63) is 34.7 Å². The van der Waals surface area contributed by atoms with E-state index in [1.54, 1.807) is 0 Å². The van der Waals surface area contributed by atoms with Gasteiger partial charge < -0.3 is 22.2 Å². The zero-order valence-electron chi connectivity index (χ0n) is 18.0. The summed E-state index contributed by atoms with van der Waals surface area (Å²) in [6, 6.07) is 5.21. The highest BCUT2D eigenvalue weighted by atomic mass is 35.5. The van der Waals surface area contributed by atoms with Crippen LogP contribution in [0.1, 0.15) is 12.3 Å². The van der Waals surface area contributed by atoms with Gasteiger partial charge in [-0.3, -0.25) is 4.79 Å². The minimum absolute atomic E-state index is 0. The van der Waals surface area contributed by atoms with Crippen LogP contribution in [0, 0.1) is 0 Å². The van der Waals surface area contributed by atoms with Crippen molar-refractivity contribution in [2.75, 3.05) is 26.2 Å². The van der Waals surface area contributed by atoms with E-state index in [1.165, 1.54) is 24.3 Å². The largest absolute Gasteiger partial charge is 1.00 e. The van der Waals surface area contributed by atoms with E-state index in [0.717, 1.165) is 0 Å². The van der Waals surface area contributed by atoms with Crippen LogP contribution in [0.15, 0.2) is 29.4 Å². The number of benzene rings is 1. The lowest BCUT2D eigenvalue weighted by molar-refractivity contribution is -0.881. The van der Waals surface area contributed by atoms with Crippen molar-refractivity contribution in [1.29, 1.82) is 0 Å². The second-order valence-corrected chi connectivity index (χ2v) is 3.18. The summed E-state index contributed by atoms with van der Waals surface area (Å²) in [5, 5.41) is 5.67. The molecule has 0 fully saturated rings. The number of azide groups is 1. The minimum Gasteiger partial charge on any atom is -1.00 e. The van der Waals surface area contributed by atoms with Crippen LogP contribution in [0.25, 0.3) is 10.4 Å². The van der Waals surface area contributed by atoms with Crippen LogP contribution < -0.4 is 17.7 Å². The van der Waals surface area contributed by atoms with Crippen molar-refractivity contribution in [1.82, 2.24) is 0 Å². The van der Waals surface area contributed by atoms with E-state index in [2.05, 4.69) is 15.3 Å². The van der Waals surface area contributed by atoms with Gasteiger partial charge in [0.1, 0.15) is 0 Å². The Morgan fingerprint density at radius 2 is 2.06 bits per heavy atom. The Labute approximate surface area is 125 Å². The molecule has 0 aliphatic rings. The maximum Gasteiger partial charge on any atom is 0.218 e. The Morgan fingerprint density at radius 1 is 1.44 bits per heavy atom. The van der Waals surface area contributed by atoms with Gasteiger partial charge in [0.25, 0.3) is 0 Å². The van der Waals surface area contributed by atoms with E-state index in [-0.39, 0.29) is 30.1 Å². The van der Waals surface area contributed by atoms with E-state index in [0.29, 0.717) is 0 Å². The molecule has 18 heavy (non-hydrogen) atoms. The van der Waals surface area contributed by atoms with Crippen molar-refractivity contribution in [2.45, 2.75) is 6.17 Å². The highest BCUT2D eigenvalue weighted by Crippen LogP contribution is 2.17. The lowest BCUT2D eigenvalue weighted by atomic mass is 10.2. The van der Waals surface area contributed by atoms with Gasteiger partial charge in [-0.1, -0.05) is 17.2 Å². The molecule has 6 nitrogen and oxygen atoms in total. The summed E-state index contributed by atoms with van der Waals surface area (Å²) in [4.78, 5) is 14.1. The first-order chi connectivity index (χ1) is 11.7. The number of halogens is 1. The number of carbonyl (C=O) groups is 1. The van der Waals surface area contributed by atoms with Gasteiger partial charge >= 0.3 is 0 Å². The van der Waals surface area contributed by atoms with Gasteiger partial charge in [-0.25, -0.2) is 0 Å². The smallest absolute Gasteiger partial charge is 0.218 e. The zero-order valence-corrected chi connectivity index (χ0v) is 9.80. The maximum atomic E-state index is 11.6. The van der Waals surface area contributed by atoms with E-state index in [9.17, 15) is 4.79 Å². The highest BCUT2D eigenvalue weighted by molar-refractivity contribution is 5.63. The molecule has 0 spiro atoms. The molecule has 7 heteroatoms. The monoisotopic (exact) mass is 278 g/mol. The lowest BCUT2D eigenvalue weighted by Crippen LogP contribution is -3.00. The van der Waals surface area contributed by atoms with Crippen LogP contribution in [0.4, 0.5) is 11.4 Å². The number of aldehydes is 1. The first-order valence-electron chi connectivity index (χ1n) is 8.98. The van der Waals surface area contributed by atoms with E-state index < -0.39 is 31.6 Å². The Morgan fingerprint density at radius 3 is 2.50 bits per heavy atom. The zero-order chi connectivity index (χ0) is 20.4. The summed E-state index contributed by atoms with van der Waals surface area (Å²) in [5.74, 6) is 0. The molecule has 1 aromatic carbocycles. The average Bonchev–Trinajstić information content (AvgIpc) is 2.44. The van der Waals surface area contributed by atoms with Crippen molar-refractivity contribution in [3.63, 3.8) is 0 Å². The number of rotatable bonds is 5. The van der Waals surface area contributed by atoms with E-state index in [4.69, 9.17) is 17.9 Å². The van der Waals surface area contributed by atoms with Gasteiger partial charge in [-0.15, -0.1) is 0 Å². The molecular formula is C11H16ClN5O. The van der Waals surface area contributed by atoms with Gasteiger partial charge in [0.05, 0.1) is 33.3 Å². The quantitative estimate of drug-likeness (QED) is 0.193. The third kappa shape index (κ3) is 4.63. The SMILES string of the molecule is [2H]C([2H])([2H])[N+](C(C=O)Nc1ccc(N=[N+]=[N-])cc1)(C([2H])([2H])[2H])C([2H])([2H])[2H].[Cl-]. The highest BCUT2D eigenvalue weighted by Gasteiger charge is 2.22. The predicted molar refractivity (Wildman–Crippen MR) is 66.8 cm³/mol. The summed E-state index contributed by atoms with van der Waals surface area (Å²) in [5.41, 5.74) is 8.63. The van der Waals surface area contributed by atoms with Crippen LogP contribution in [-0.2, 0) is 4.79 Å². The Kier molecular flexibility index (Phi) is 2.45. The fourth-order valence-corrected chi connectivity index (χ4v) is 1.07. The summed E-state index contributed by atoms with van der Waals surface area (Å²) in [7, 11) is 0. The molecule has 0 amide bonds. The molecule has 0 aliphatic heterocycles. The van der Waals surface area contributed by atoms with Crippen LogP contribution in [0.5, 0.6) is 0 Å². The topological polar surface area (TPSA) is 77.9 Å². The number of hydrogen-bond donors (Lipinski definition) is 1. The van der Waals surface area contributed by atoms with Gasteiger partial charge in [-0.05, 0) is 17.7 Å². The first kappa shape index (κ1) is 6.43. The number of likely N-dealkylation sites (N-methyl/N-ethyl adjacent to an activating group) is 1. The second-order valence-electron chi connectivity index (χ2n) is 3.18. The number of carbonyl (C=O) groups excluding carboxylic acids is 1. The van der Waals surface area contributed by atoms with Gasteiger partial charge in [0, 0.05) is 16.3 Å². The maximum absolute atomic E-state index is 11.6. The van der Waals surface area contributed by atoms with Gasteiger partial charge in [-0.2, -0.15) is 0 Å². The molecule has 0 saturated carbocycles. The van der Waals surface area contributed by atoms with Gasteiger partial charge in [0.15, 0.2) is 6.29 Å². The first-order valence-corrected chi connectivity index (χ1v) is 4.48. The van der Waals surface area contributed by atoms with Crippen LogP contribution in [0.2, 0.25) is 0 Å². The van der Waals surface area contributed by atoms with Crippen molar-refractivity contribution in [2.24, 2.45) is 5.11 Å². The predicted octanol–water partition coefficient (Wildman–Crippen LogP) is -0.724. The molecule has 0 saturated heterocycles. The molecule has 1 N–H and O–H groups in total. The molecule has 1 atom stereocenters. The number of quaternary nitrogens is 1. The molecule has 1 aromatic rings. The van der Waals surface area contributed by atoms with Crippen LogP contribution in [-0.4, -0.2) is 37.9 Å². The Hall–Kier alpha value is -1.75. The van der Waals surface area contributed by atoms with Crippen molar-refractivity contribution >= 4 is 17.7 Å². The normalized spacial score (nSPS) is 21.2. The lowest BCUT2D eigenvalue weighted by Gasteiger charge is -2.31. The number of nitrogens with zero attached hydrogens (tertiary/aromatic N) is 4. The van der Waals surface area contributed by atoms with Crippen molar-refractivity contribution in [3.8, 4) is 0 Å². The molecular weight excluding hydrogens is 254 g/mol. The molecule has 0 bridgehead atoms. The molecule has 1 unspecified atom stereocenters. The molecule has 0 aliphatic carbocycles. The number of anilines is 1. The molecule has 98 valence electrons. The van der Waals surface area contributed by atoms with Gasteiger partial charge in [0.2, 0.25) is 6.17 Å². The Bertz CT molecular complexity index is 658. The van der Waals surface area contributed by atoms with E-state index in [1.807, 2.05) is 0 Å². The minimum atomic E-state index is -3.57. The third-order valence-corrected chi connectivity index (χ3v) is 1.89. The second kappa shape index (κ2) is 6.86. The molecule has 0 aromatic heterocycles. The number of hydrogen-bond acceptors (Lipinski definition) is 3. The van der Waals surface area contributed by atoms with Crippen LogP contribution >= 0.6 is 0 Å². The van der Waals surface area contributed by atoms with E-state index >= 15 is 0 Å². The summed E-state index contributed by atoms with van der Waals surface area (Å²) >= 11 is 0. The average molecular weight is 279 g/mol. The Balaban J connectivity index is 0.00000676. The fourth-order valence-electron chi connectivity index (χ4n) is 1.07. The summed E-state index contributed by atoms with van der Waals surface area (Å²) < 4.78 is 65.7. The summed E-state index contributed by atoms with van der Waals surface area (Å²) in [6.07, 6.45) is -2.19. The third-order valence-electron chi connectivity index (χ3n) is 1.89. The molecule has 1 rings (SSSR count). The number of nitrogens with one attached hydrogen (secondary N) is 1. The molecule has 0 heterocycles. The molecule has 0 radical (unpaired) electrons. The fraction of sp³-hybridized carbons (Fsp3) is 0.364. The standard InChI is InChI=1S/C11H16N5O.ClH/c1-16(2,3)11(8-17)13-9-4-6-10(7-5-9)14-15-12;/h4-8,11,13H,1-3H3;1H/q+1;/p-1/i1D3,2D3,3D3;. The summed E-state index contributed by atoms with van der Waals surface area (Å²) in [6.45, 7) is -10.7. The van der Waals surface area contributed by atoms with Crippen LogP contribution in [0.3, 0.4) is 0 Å².